The van der Waals surface area contributed by atoms with Gasteiger partial charge in [0, 0.05) is 6.61 Å². The minimum absolute atomic E-state index is 0.217. The van der Waals surface area contributed by atoms with E-state index in [1.165, 1.54) is 70.6 Å². The van der Waals surface area contributed by atoms with Crippen LogP contribution >= 0.6 is 0 Å². The van der Waals surface area contributed by atoms with Crippen molar-refractivity contribution in [2.45, 2.75) is 104 Å². The SMILES string of the molecule is CCCCCCCCCCCCCOC(CC)NCCCN. The molecule has 22 heavy (non-hydrogen) atoms. The van der Waals surface area contributed by atoms with Gasteiger partial charge >= 0.3 is 0 Å². The van der Waals surface area contributed by atoms with E-state index < -0.39 is 0 Å². The summed E-state index contributed by atoms with van der Waals surface area (Å²) in [5, 5.41) is 3.41. The molecule has 0 spiro atoms. The van der Waals surface area contributed by atoms with Gasteiger partial charge in [-0.25, -0.2) is 0 Å². The first-order valence-electron chi connectivity index (χ1n) is 9.90. The fourth-order valence-corrected chi connectivity index (χ4v) is 2.68. The minimum Gasteiger partial charge on any atom is -0.363 e. The van der Waals surface area contributed by atoms with Gasteiger partial charge in [-0.2, -0.15) is 0 Å². The Balaban J connectivity index is 3.18. The van der Waals surface area contributed by atoms with E-state index >= 15 is 0 Å². The molecule has 0 aromatic carbocycles. The van der Waals surface area contributed by atoms with Crippen LogP contribution in [0.25, 0.3) is 0 Å². The van der Waals surface area contributed by atoms with Crippen LogP contribution in [0.4, 0.5) is 0 Å². The molecule has 0 aliphatic rings. The van der Waals surface area contributed by atoms with Crippen molar-refractivity contribution in [1.82, 2.24) is 5.32 Å². The molecule has 0 fully saturated rings. The van der Waals surface area contributed by atoms with Gasteiger partial charge in [0.15, 0.2) is 0 Å². The number of nitrogens with two attached hydrogens (primary N) is 1. The van der Waals surface area contributed by atoms with Crippen LogP contribution in [0.3, 0.4) is 0 Å². The Morgan fingerprint density at radius 3 is 1.82 bits per heavy atom. The summed E-state index contributed by atoms with van der Waals surface area (Å²) in [5.74, 6) is 0. The van der Waals surface area contributed by atoms with E-state index in [1.807, 2.05) is 0 Å². The van der Waals surface area contributed by atoms with Gasteiger partial charge in [0.1, 0.15) is 6.23 Å². The van der Waals surface area contributed by atoms with Crippen molar-refractivity contribution in [3.05, 3.63) is 0 Å². The number of unbranched alkanes of at least 4 members (excludes halogenated alkanes) is 10. The van der Waals surface area contributed by atoms with E-state index in [1.54, 1.807) is 0 Å². The fourth-order valence-electron chi connectivity index (χ4n) is 2.68. The highest BCUT2D eigenvalue weighted by Crippen LogP contribution is 2.11. The van der Waals surface area contributed by atoms with Crippen molar-refractivity contribution in [3.8, 4) is 0 Å². The predicted molar refractivity (Wildman–Crippen MR) is 98.2 cm³/mol. The zero-order chi connectivity index (χ0) is 16.3. The second kappa shape index (κ2) is 18.9. The van der Waals surface area contributed by atoms with Crippen LogP contribution in [0.15, 0.2) is 0 Å². The second-order valence-electron chi connectivity index (χ2n) is 6.40. The van der Waals surface area contributed by atoms with E-state index in [4.69, 9.17) is 10.5 Å². The van der Waals surface area contributed by atoms with Gasteiger partial charge < -0.3 is 10.5 Å². The quantitative estimate of drug-likeness (QED) is 0.277. The average Bonchev–Trinajstić information content (AvgIpc) is 2.54. The number of nitrogens with one attached hydrogen (secondary N) is 1. The Kier molecular flexibility index (Phi) is 18.8. The summed E-state index contributed by atoms with van der Waals surface area (Å²) in [6.45, 7) is 7.06. The first-order chi connectivity index (χ1) is 10.8. The molecule has 0 aromatic rings. The third-order valence-corrected chi connectivity index (χ3v) is 4.19. The van der Waals surface area contributed by atoms with Crippen molar-refractivity contribution >= 4 is 0 Å². The molecule has 0 aromatic heterocycles. The lowest BCUT2D eigenvalue weighted by atomic mass is 10.1. The topological polar surface area (TPSA) is 47.3 Å². The molecule has 0 amide bonds. The molecule has 0 heterocycles. The van der Waals surface area contributed by atoms with Crippen LogP contribution in [-0.4, -0.2) is 25.9 Å². The number of hydrogen-bond donors (Lipinski definition) is 2. The predicted octanol–water partition coefficient (Wildman–Crippen LogP) is 4.99. The van der Waals surface area contributed by atoms with Gasteiger partial charge in [0.25, 0.3) is 0 Å². The van der Waals surface area contributed by atoms with Crippen LogP contribution in [0, 0.1) is 0 Å². The van der Waals surface area contributed by atoms with Gasteiger partial charge in [-0.3, -0.25) is 5.32 Å². The van der Waals surface area contributed by atoms with Crippen LogP contribution < -0.4 is 11.1 Å². The highest BCUT2D eigenvalue weighted by molar-refractivity contribution is 4.55. The fraction of sp³-hybridized carbons (Fsp3) is 1.00. The van der Waals surface area contributed by atoms with Gasteiger partial charge in [0.05, 0.1) is 0 Å². The van der Waals surface area contributed by atoms with Gasteiger partial charge in [-0.15, -0.1) is 0 Å². The maximum absolute atomic E-state index is 5.87. The molecular weight excluding hydrogens is 272 g/mol. The van der Waals surface area contributed by atoms with E-state index in [0.29, 0.717) is 0 Å². The van der Waals surface area contributed by atoms with Crippen molar-refractivity contribution in [2.75, 3.05) is 19.7 Å². The molecule has 1 unspecified atom stereocenters. The summed E-state index contributed by atoms with van der Waals surface area (Å²) in [6.07, 6.45) is 17.5. The maximum Gasteiger partial charge on any atom is 0.107 e. The molecule has 0 rings (SSSR count). The maximum atomic E-state index is 5.87. The average molecular weight is 315 g/mol. The molecule has 3 heteroatoms. The van der Waals surface area contributed by atoms with Crippen molar-refractivity contribution in [1.29, 1.82) is 0 Å². The molecule has 1 atom stereocenters. The van der Waals surface area contributed by atoms with Crippen molar-refractivity contribution in [2.24, 2.45) is 5.73 Å². The molecule has 0 aliphatic heterocycles. The van der Waals surface area contributed by atoms with E-state index in [9.17, 15) is 0 Å². The summed E-state index contributed by atoms with van der Waals surface area (Å²) in [7, 11) is 0. The number of rotatable bonds is 18. The number of hydrogen-bond acceptors (Lipinski definition) is 3. The van der Waals surface area contributed by atoms with Crippen molar-refractivity contribution < 1.29 is 4.74 Å². The Hall–Kier alpha value is -0.120. The smallest absolute Gasteiger partial charge is 0.107 e. The third-order valence-electron chi connectivity index (χ3n) is 4.19. The monoisotopic (exact) mass is 314 g/mol. The molecule has 3 N–H and O–H groups in total. The summed E-state index contributed by atoms with van der Waals surface area (Å²) in [5.41, 5.74) is 5.50. The first-order valence-corrected chi connectivity index (χ1v) is 9.90. The van der Waals surface area contributed by atoms with Crippen LogP contribution in [0.5, 0.6) is 0 Å². The van der Waals surface area contributed by atoms with Gasteiger partial charge in [-0.1, -0.05) is 78.1 Å². The van der Waals surface area contributed by atoms with E-state index in [2.05, 4.69) is 19.2 Å². The Morgan fingerprint density at radius 1 is 0.773 bits per heavy atom. The van der Waals surface area contributed by atoms with Crippen molar-refractivity contribution in [3.63, 3.8) is 0 Å². The Bertz CT molecular complexity index is 200. The van der Waals surface area contributed by atoms with E-state index in [0.717, 1.165) is 32.5 Å². The normalized spacial score (nSPS) is 12.7. The number of ether oxygens (including phenoxy) is 1. The summed E-state index contributed by atoms with van der Waals surface area (Å²) >= 11 is 0. The molecule has 134 valence electrons. The molecule has 0 saturated heterocycles. The van der Waals surface area contributed by atoms with Gasteiger partial charge in [0.2, 0.25) is 0 Å². The molecule has 0 aliphatic carbocycles. The van der Waals surface area contributed by atoms with E-state index in [-0.39, 0.29) is 6.23 Å². The van der Waals surface area contributed by atoms with Crippen LogP contribution in [0.1, 0.15) is 97.3 Å². The highest BCUT2D eigenvalue weighted by atomic mass is 16.5. The Labute approximate surface area is 139 Å². The molecule has 3 nitrogen and oxygen atoms in total. The first kappa shape index (κ1) is 21.9. The molecule has 0 radical (unpaired) electrons. The third kappa shape index (κ3) is 16.3. The summed E-state index contributed by atoms with van der Waals surface area (Å²) in [4.78, 5) is 0. The van der Waals surface area contributed by atoms with Gasteiger partial charge in [-0.05, 0) is 32.4 Å². The summed E-state index contributed by atoms with van der Waals surface area (Å²) in [6, 6.07) is 0. The largest absolute Gasteiger partial charge is 0.363 e. The molecular formula is C19H42N2O. The van der Waals surface area contributed by atoms with Crippen LogP contribution in [-0.2, 0) is 4.74 Å². The van der Waals surface area contributed by atoms with Crippen LogP contribution in [0.2, 0.25) is 0 Å². The summed E-state index contributed by atoms with van der Waals surface area (Å²) < 4.78 is 5.87. The zero-order valence-electron chi connectivity index (χ0n) is 15.4. The Morgan fingerprint density at radius 2 is 1.32 bits per heavy atom. The molecule has 0 saturated carbocycles. The lowest BCUT2D eigenvalue weighted by Crippen LogP contribution is -2.33. The lowest BCUT2D eigenvalue weighted by Gasteiger charge is -2.17. The zero-order valence-corrected chi connectivity index (χ0v) is 15.4. The minimum atomic E-state index is 0.217. The molecule has 0 bridgehead atoms. The second-order valence-corrected chi connectivity index (χ2v) is 6.40. The highest BCUT2D eigenvalue weighted by Gasteiger charge is 2.04. The lowest BCUT2D eigenvalue weighted by molar-refractivity contribution is 0.0251. The standard InChI is InChI=1S/C19H42N2O/c1-3-5-6-7-8-9-10-11-12-13-14-18-22-19(4-2)21-17-15-16-20/h19,21H,3-18,20H2,1-2H3.